The summed E-state index contributed by atoms with van der Waals surface area (Å²) in [5.74, 6) is -0.203. The second kappa shape index (κ2) is 3.96. The van der Waals surface area contributed by atoms with Gasteiger partial charge in [-0.15, -0.1) is 0 Å². The Balaban J connectivity index is 2.00. The van der Waals surface area contributed by atoms with Crippen LogP contribution in [0.1, 0.15) is 19.3 Å². The summed E-state index contributed by atoms with van der Waals surface area (Å²) < 4.78 is 12.6. The number of benzene rings is 1. The average molecular weight is 194 g/mol. The third-order valence-corrected chi connectivity index (χ3v) is 2.77. The normalized spacial score (nSPS) is 26.4. The van der Waals surface area contributed by atoms with Crippen LogP contribution in [0.25, 0.3) is 0 Å². The Morgan fingerprint density at radius 2 is 1.93 bits per heavy atom. The Bertz CT molecular complexity index is 297. The topological polar surface area (TPSA) is 38.0 Å². The van der Waals surface area contributed by atoms with Gasteiger partial charge in [-0.3, -0.25) is 0 Å². The fourth-order valence-electron chi connectivity index (χ4n) is 1.93. The van der Waals surface area contributed by atoms with Crippen LogP contribution in [0, 0.1) is 5.82 Å². The molecule has 1 saturated carbocycles. The van der Waals surface area contributed by atoms with E-state index in [1.54, 1.807) is 12.1 Å². The summed E-state index contributed by atoms with van der Waals surface area (Å²) in [4.78, 5) is 0. The van der Waals surface area contributed by atoms with Gasteiger partial charge in [-0.2, -0.15) is 0 Å². The maximum atomic E-state index is 12.6. The second-order valence-corrected chi connectivity index (χ2v) is 3.85. The number of nitrogens with one attached hydrogen (secondary N) is 1. The zero-order chi connectivity index (χ0) is 9.97. The van der Waals surface area contributed by atoms with Crippen molar-refractivity contribution in [1.82, 2.24) is 0 Å². The summed E-state index contributed by atoms with van der Waals surface area (Å²) in [6.45, 7) is 0. The molecule has 2 nitrogen and oxygen atoms in total. The Morgan fingerprint density at radius 3 is 2.50 bits per heavy atom. The smallest absolute Gasteiger partial charge is 0.123 e. The molecule has 0 spiro atoms. The standard InChI is InChI=1S/C11H15FN2/c12-8-4-6-9(7-5-8)14-11-3-1-2-10(11)13/h4-7,10-11,14H,1-3,13H2. The molecule has 14 heavy (non-hydrogen) atoms. The summed E-state index contributed by atoms with van der Waals surface area (Å²) in [5, 5.41) is 3.33. The molecular weight excluding hydrogens is 179 g/mol. The summed E-state index contributed by atoms with van der Waals surface area (Å²) in [6.07, 6.45) is 3.37. The van der Waals surface area contributed by atoms with E-state index in [9.17, 15) is 4.39 Å². The molecule has 0 radical (unpaired) electrons. The molecule has 0 amide bonds. The van der Waals surface area contributed by atoms with Crippen molar-refractivity contribution in [3.8, 4) is 0 Å². The van der Waals surface area contributed by atoms with E-state index in [2.05, 4.69) is 5.32 Å². The second-order valence-electron chi connectivity index (χ2n) is 3.85. The Labute approximate surface area is 83.3 Å². The van der Waals surface area contributed by atoms with Gasteiger partial charge in [-0.25, -0.2) is 4.39 Å². The molecule has 76 valence electrons. The van der Waals surface area contributed by atoms with Crippen LogP contribution in [0.15, 0.2) is 24.3 Å². The highest BCUT2D eigenvalue weighted by atomic mass is 19.1. The van der Waals surface area contributed by atoms with Crippen LogP contribution in [0.2, 0.25) is 0 Å². The first-order valence-corrected chi connectivity index (χ1v) is 5.03. The van der Waals surface area contributed by atoms with Gasteiger partial charge in [0.1, 0.15) is 5.82 Å². The highest BCUT2D eigenvalue weighted by Gasteiger charge is 2.23. The Morgan fingerprint density at radius 1 is 1.21 bits per heavy atom. The van der Waals surface area contributed by atoms with Crippen molar-refractivity contribution in [3.63, 3.8) is 0 Å². The molecule has 2 rings (SSSR count). The molecule has 3 N–H and O–H groups in total. The molecule has 3 heteroatoms. The van der Waals surface area contributed by atoms with E-state index in [4.69, 9.17) is 5.73 Å². The molecule has 1 aliphatic rings. The highest BCUT2D eigenvalue weighted by molar-refractivity contribution is 5.44. The van der Waals surface area contributed by atoms with Gasteiger partial charge in [0, 0.05) is 17.8 Å². The van der Waals surface area contributed by atoms with Crippen molar-refractivity contribution < 1.29 is 4.39 Å². The van der Waals surface area contributed by atoms with E-state index < -0.39 is 0 Å². The minimum absolute atomic E-state index is 0.203. The number of anilines is 1. The zero-order valence-corrected chi connectivity index (χ0v) is 8.04. The molecule has 1 aromatic rings. The maximum absolute atomic E-state index is 12.6. The zero-order valence-electron chi connectivity index (χ0n) is 8.04. The van der Waals surface area contributed by atoms with Crippen molar-refractivity contribution >= 4 is 5.69 Å². The summed E-state index contributed by atoms with van der Waals surface area (Å²) in [5.41, 5.74) is 6.87. The average Bonchev–Trinajstić information content (AvgIpc) is 2.56. The van der Waals surface area contributed by atoms with Crippen LogP contribution in [0.4, 0.5) is 10.1 Å². The van der Waals surface area contributed by atoms with Crippen LogP contribution in [-0.4, -0.2) is 12.1 Å². The SMILES string of the molecule is NC1CCCC1Nc1ccc(F)cc1. The largest absolute Gasteiger partial charge is 0.381 e. The third-order valence-electron chi connectivity index (χ3n) is 2.77. The number of halogens is 1. The predicted molar refractivity (Wildman–Crippen MR) is 55.6 cm³/mol. The van der Waals surface area contributed by atoms with Crippen molar-refractivity contribution in [2.45, 2.75) is 31.3 Å². The molecule has 0 heterocycles. The van der Waals surface area contributed by atoms with Gasteiger partial charge in [-0.05, 0) is 43.5 Å². The molecule has 1 aromatic carbocycles. The van der Waals surface area contributed by atoms with E-state index in [1.807, 2.05) is 0 Å². The van der Waals surface area contributed by atoms with Crippen LogP contribution < -0.4 is 11.1 Å². The first-order chi connectivity index (χ1) is 6.75. The van der Waals surface area contributed by atoms with Gasteiger partial charge in [0.05, 0.1) is 0 Å². The molecular formula is C11H15FN2. The lowest BCUT2D eigenvalue weighted by atomic mass is 10.2. The Hall–Kier alpha value is -1.09. The van der Waals surface area contributed by atoms with Gasteiger partial charge in [-0.1, -0.05) is 0 Å². The van der Waals surface area contributed by atoms with Gasteiger partial charge >= 0.3 is 0 Å². The van der Waals surface area contributed by atoms with Crippen molar-refractivity contribution in [1.29, 1.82) is 0 Å². The monoisotopic (exact) mass is 194 g/mol. The molecule has 0 aromatic heterocycles. The van der Waals surface area contributed by atoms with Gasteiger partial charge in [0.15, 0.2) is 0 Å². The number of hydrogen-bond donors (Lipinski definition) is 2. The fraction of sp³-hybridized carbons (Fsp3) is 0.455. The van der Waals surface area contributed by atoms with Crippen molar-refractivity contribution in [2.75, 3.05) is 5.32 Å². The number of hydrogen-bond acceptors (Lipinski definition) is 2. The number of nitrogens with two attached hydrogens (primary N) is 1. The Kier molecular flexibility index (Phi) is 2.68. The van der Waals surface area contributed by atoms with Crippen molar-refractivity contribution in [2.24, 2.45) is 5.73 Å². The molecule has 0 bridgehead atoms. The molecule has 0 saturated heterocycles. The lowest BCUT2D eigenvalue weighted by Crippen LogP contribution is -2.35. The van der Waals surface area contributed by atoms with E-state index in [1.165, 1.54) is 18.6 Å². The van der Waals surface area contributed by atoms with Crippen LogP contribution in [0.5, 0.6) is 0 Å². The lowest BCUT2D eigenvalue weighted by molar-refractivity contribution is 0.625. The molecule has 1 fully saturated rings. The van der Waals surface area contributed by atoms with E-state index >= 15 is 0 Å². The molecule has 0 aliphatic heterocycles. The maximum Gasteiger partial charge on any atom is 0.123 e. The predicted octanol–water partition coefficient (Wildman–Crippen LogP) is 2.12. The molecule has 2 atom stereocenters. The van der Waals surface area contributed by atoms with Crippen LogP contribution in [-0.2, 0) is 0 Å². The summed E-state index contributed by atoms with van der Waals surface area (Å²) in [7, 11) is 0. The van der Waals surface area contributed by atoms with Gasteiger partial charge < -0.3 is 11.1 Å². The molecule has 1 aliphatic carbocycles. The first-order valence-electron chi connectivity index (χ1n) is 5.03. The third kappa shape index (κ3) is 2.04. The van der Waals surface area contributed by atoms with Gasteiger partial charge in [0.2, 0.25) is 0 Å². The first kappa shape index (κ1) is 9.46. The highest BCUT2D eigenvalue weighted by Crippen LogP contribution is 2.21. The minimum atomic E-state index is -0.203. The lowest BCUT2D eigenvalue weighted by Gasteiger charge is -2.18. The van der Waals surface area contributed by atoms with E-state index in [0.29, 0.717) is 6.04 Å². The van der Waals surface area contributed by atoms with Crippen LogP contribution in [0.3, 0.4) is 0 Å². The fourth-order valence-corrected chi connectivity index (χ4v) is 1.93. The molecule has 2 unspecified atom stereocenters. The van der Waals surface area contributed by atoms with Gasteiger partial charge in [0.25, 0.3) is 0 Å². The number of rotatable bonds is 2. The quantitative estimate of drug-likeness (QED) is 0.756. The van der Waals surface area contributed by atoms with Crippen LogP contribution >= 0.6 is 0 Å². The van der Waals surface area contributed by atoms with E-state index in [0.717, 1.165) is 18.5 Å². The van der Waals surface area contributed by atoms with Crippen molar-refractivity contribution in [3.05, 3.63) is 30.1 Å². The summed E-state index contributed by atoms with van der Waals surface area (Å²) in [6, 6.07) is 7.01. The summed E-state index contributed by atoms with van der Waals surface area (Å²) >= 11 is 0. The minimum Gasteiger partial charge on any atom is -0.381 e. The van der Waals surface area contributed by atoms with E-state index in [-0.39, 0.29) is 11.9 Å².